The third-order valence-corrected chi connectivity index (χ3v) is 4.95. The maximum Gasteiger partial charge on any atom is 0.193 e. The Morgan fingerprint density at radius 1 is 1.10 bits per heavy atom. The summed E-state index contributed by atoms with van der Waals surface area (Å²) >= 11 is 0. The number of aryl methyl sites for hydroxylation is 1. The Morgan fingerprint density at radius 3 is 2.58 bits per heavy atom. The lowest BCUT2D eigenvalue weighted by molar-refractivity contribution is 0.281. The first-order valence-corrected chi connectivity index (χ1v) is 10.8. The van der Waals surface area contributed by atoms with Crippen molar-refractivity contribution in [3.63, 3.8) is 0 Å². The van der Waals surface area contributed by atoms with Gasteiger partial charge in [-0.25, -0.2) is 0 Å². The lowest BCUT2D eigenvalue weighted by Gasteiger charge is -2.23. The molecule has 1 heterocycles. The summed E-state index contributed by atoms with van der Waals surface area (Å²) in [6.45, 7) is 5.68. The molecule has 3 aromatic rings. The highest BCUT2D eigenvalue weighted by molar-refractivity contribution is 5.79. The van der Waals surface area contributed by atoms with Crippen molar-refractivity contribution >= 4 is 5.96 Å². The summed E-state index contributed by atoms with van der Waals surface area (Å²) in [6, 6.07) is 20.3. The quantitative estimate of drug-likeness (QED) is 0.381. The molecule has 7 heteroatoms. The van der Waals surface area contributed by atoms with E-state index in [-0.39, 0.29) is 0 Å². The second-order valence-corrected chi connectivity index (χ2v) is 7.24. The van der Waals surface area contributed by atoms with Crippen LogP contribution in [-0.2, 0) is 19.4 Å². The monoisotopic (exact) mass is 420 g/mol. The smallest absolute Gasteiger partial charge is 0.193 e. The SMILES string of the molecule is CCc1nncn1CCNC(=NCCc1ccccc1)N(C)CCOc1ccccc1. The van der Waals surface area contributed by atoms with E-state index in [4.69, 9.17) is 9.73 Å². The number of likely N-dealkylation sites (N-methyl/N-ethyl adjacent to an activating group) is 1. The maximum atomic E-state index is 5.85. The third kappa shape index (κ3) is 7.44. The Morgan fingerprint density at radius 2 is 1.84 bits per heavy atom. The van der Waals surface area contributed by atoms with Crippen LogP contribution in [0.15, 0.2) is 72.0 Å². The van der Waals surface area contributed by atoms with Gasteiger partial charge in [-0.05, 0) is 24.1 Å². The van der Waals surface area contributed by atoms with Crippen molar-refractivity contribution in [2.75, 3.05) is 33.3 Å². The van der Waals surface area contributed by atoms with Crippen LogP contribution < -0.4 is 10.1 Å². The van der Waals surface area contributed by atoms with E-state index in [0.29, 0.717) is 6.61 Å². The molecule has 7 nitrogen and oxygen atoms in total. The number of rotatable bonds is 11. The Kier molecular flexibility index (Phi) is 8.91. The van der Waals surface area contributed by atoms with Crippen molar-refractivity contribution in [2.45, 2.75) is 26.3 Å². The van der Waals surface area contributed by atoms with Gasteiger partial charge in [0.25, 0.3) is 0 Å². The van der Waals surface area contributed by atoms with Crippen LogP contribution in [0.3, 0.4) is 0 Å². The molecule has 0 amide bonds. The van der Waals surface area contributed by atoms with E-state index >= 15 is 0 Å². The minimum atomic E-state index is 0.589. The largest absolute Gasteiger partial charge is 0.492 e. The molecule has 0 atom stereocenters. The topological polar surface area (TPSA) is 67.6 Å². The van der Waals surface area contributed by atoms with E-state index in [0.717, 1.165) is 56.6 Å². The van der Waals surface area contributed by atoms with Crippen molar-refractivity contribution in [3.8, 4) is 5.75 Å². The van der Waals surface area contributed by atoms with Gasteiger partial charge in [-0.3, -0.25) is 4.99 Å². The van der Waals surface area contributed by atoms with Gasteiger partial charge < -0.3 is 19.5 Å². The van der Waals surface area contributed by atoms with E-state index in [1.165, 1.54) is 5.56 Å². The van der Waals surface area contributed by atoms with Gasteiger partial charge in [-0.1, -0.05) is 55.5 Å². The lowest BCUT2D eigenvalue weighted by Crippen LogP contribution is -2.42. The fourth-order valence-corrected chi connectivity index (χ4v) is 3.20. The van der Waals surface area contributed by atoms with E-state index in [1.807, 2.05) is 43.4 Å². The maximum absolute atomic E-state index is 5.85. The van der Waals surface area contributed by atoms with Crippen LogP contribution >= 0.6 is 0 Å². The van der Waals surface area contributed by atoms with Crippen molar-refractivity contribution in [3.05, 3.63) is 78.4 Å². The van der Waals surface area contributed by atoms with Crippen LogP contribution in [0.2, 0.25) is 0 Å². The molecule has 0 aliphatic carbocycles. The number of aliphatic imine (C=N–C) groups is 1. The lowest BCUT2D eigenvalue weighted by atomic mass is 10.2. The van der Waals surface area contributed by atoms with Crippen molar-refractivity contribution in [1.29, 1.82) is 0 Å². The summed E-state index contributed by atoms with van der Waals surface area (Å²) in [5.41, 5.74) is 1.29. The number of aromatic nitrogens is 3. The summed E-state index contributed by atoms with van der Waals surface area (Å²) in [6.07, 6.45) is 3.56. The molecule has 0 spiro atoms. The molecule has 0 saturated heterocycles. The first-order chi connectivity index (χ1) is 15.3. The summed E-state index contributed by atoms with van der Waals surface area (Å²) in [5.74, 6) is 2.75. The van der Waals surface area contributed by atoms with Gasteiger partial charge in [-0.2, -0.15) is 0 Å². The van der Waals surface area contributed by atoms with Crippen LogP contribution in [0.4, 0.5) is 0 Å². The van der Waals surface area contributed by atoms with Crippen molar-refractivity contribution in [2.24, 2.45) is 4.99 Å². The molecule has 0 aliphatic rings. The second kappa shape index (κ2) is 12.4. The standard InChI is InChI=1S/C24H32N6O/c1-3-23-28-27-20-30(23)17-16-26-24(25-15-14-21-10-6-4-7-11-21)29(2)18-19-31-22-12-8-5-9-13-22/h4-13,20H,3,14-19H2,1-2H3,(H,25,26). The molecular weight excluding hydrogens is 388 g/mol. The summed E-state index contributed by atoms with van der Waals surface area (Å²) in [5, 5.41) is 11.6. The van der Waals surface area contributed by atoms with Crippen LogP contribution in [0, 0.1) is 0 Å². The van der Waals surface area contributed by atoms with Gasteiger partial charge in [-0.15, -0.1) is 10.2 Å². The van der Waals surface area contributed by atoms with Crippen LogP contribution in [0.5, 0.6) is 5.75 Å². The summed E-state index contributed by atoms with van der Waals surface area (Å²) in [7, 11) is 2.04. The number of hydrogen-bond donors (Lipinski definition) is 1. The van der Waals surface area contributed by atoms with E-state index in [2.05, 4.69) is 56.2 Å². The Hall–Kier alpha value is -3.35. The van der Waals surface area contributed by atoms with Gasteiger partial charge in [0.15, 0.2) is 5.96 Å². The molecule has 1 N–H and O–H groups in total. The van der Waals surface area contributed by atoms with E-state index in [1.54, 1.807) is 6.33 Å². The molecule has 0 radical (unpaired) electrons. The van der Waals surface area contributed by atoms with Gasteiger partial charge in [0, 0.05) is 33.1 Å². The molecule has 0 aliphatic heterocycles. The summed E-state index contributed by atoms with van der Waals surface area (Å²) in [4.78, 5) is 6.95. The number of benzene rings is 2. The average Bonchev–Trinajstić information content (AvgIpc) is 3.27. The molecule has 164 valence electrons. The van der Waals surface area contributed by atoms with E-state index in [9.17, 15) is 0 Å². The second-order valence-electron chi connectivity index (χ2n) is 7.24. The van der Waals surface area contributed by atoms with Crippen molar-refractivity contribution in [1.82, 2.24) is 25.0 Å². The Balaban J connectivity index is 1.54. The number of nitrogens with zero attached hydrogens (tertiary/aromatic N) is 5. The molecule has 31 heavy (non-hydrogen) atoms. The molecule has 2 aromatic carbocycles. The highest BCUT2D eigenvalue weighted by Gasteiger charge is 2.08. The molecule has 3 rings (SSSR count). The normalized spacial score (nSPS) is 11.4. The molecule has 0 saturated carbocycles. The summed E-state index contributed by atoms with van der Waals surface area (Å²) < 4.78 is 7.93. The zero-order chi connectivity index (χ0) is 21.7. The highest BCUT2D eigenvalue weighted by atomic mass is 16.5. The first-order valence-electron chi connectivity index (χ1n) is 10.8. The van der Waals surface area contributed by atoms with Crippen molar-refractivity contribution < 1.29 is 4.74 Å². The predicted molar refractivity (Wildman–Crippen MR) is 124 cm³/mol. The number of guanidine groups is 1. The number of ether oxygens (including phenoxy) is 1. The average molecular weight is 421 g/mol. The minimum Gasteiger partial charge on any atom is -0.492 e. The molecule has 0 unspecified atom stereocenters. The fourth-order valence-electron chi connectivity index (χ4n) is 3.20. The van der Waals surface area contributed by atoms with Gasteiger partial charge in [0.2, 0.25) is 0 Å². The number of hydrogen-bond acceptors (Lipinski definition) is 4. The number of para-hydroxylation sites is 1. The van der Waals surface area contributed by atoms with Gasteiger partial charge in [0.05, 0.1) is 6.54 Å². The van der Waals surface area contributed by atoms with Crippen LogP contribution in [0.25, 0.3) is 0 Å². The minimum absolute atomic E-state index is 0.589. The fraction of sp³-hybridized carbons (Fsp3) is 0.375. The zero-order valence-electron chi connectivity index (χ0n) is 18.4. The highest BCUT2D eigenvalue weighted by Crippen LogP contribution is 2.08. The Labute approximate surface area is 184 Å². The van der Waals surface area contributed by atoms with Crippen LogP contribution in [0.1, 0.15) is 18.3 Å². The zero-order valence-corrected chi connectivity index (χ0v) is 18.4. The van der Waals surface area contributed by atoms with Gasteiger partial charge in [0.1, 0.15) is 24.5 Å². The predicted octanol–water partition coefficient (Wildman–Crippen LogP) is 3.04. The van der Waals surface area contributed by atoms with Gasteiger partial charge >= 0.3 is 0 Å². The molecule has 0 fully saturated rings. The molecule has 1 aromatic heterocycles. The number of nitrogens with one attached hydrogen (secondary N) is 1. The first kappa shape index (κ1) is 22.3. The molecule has 0 bridgehead atoms. The third-order valence-electron chi connectivity index (χ3n) is 4.95. The Bertz CT molecular complexity index is 910. The van der Waals surface area contributed by atoms with Crippen LogP contribution in [-0.4, -0.2) is 58.9 Å². The molecular formula is C24H32N6O. The van der Waals surface area contributed by atoms with E-state index < -0.39 is 0 Å².